The molecule has 0 bridgehead atoms. The van der Waals surface area contributed by atoms with E-state index in [-0.39, 0.29) is 0 Å². The largest absolute Gasteiger partial charge is 0.309 e. The molecule has 0 saturated heterocycles. The molecule has 0 amide bonds. The summed E-state index contributed by atoms with van der Waals surface area (Å²) in [4.78, 5) is 0. The Kier molecular flexibility index (Phi) is 4.22. The van der Waals surface area contributed by atoms with Crippen molar-refractivity contribution in [2.45, 2.75) is 20.8 Å². The summed E-state index contributed by atoms with van der Waals surface area (Å²) in [7, 11) is 0. The van der Waals surface area contributed by atoms with Gasteiger partial charge >= 0.3 is 0 Å². The molecule has 2 heterocycles. The predicted molar refractivity (Wildman–Crippen MR) is 149 cm³/mol. The lowest BCUT2D eigenvalue weighted by Crippen LogP contribution is -2.00. The van der Waals surface area contributed by atoms with E-state index in [2.05, 4.69) is 133 Å². The summed E-state index contributed by atoms with van der Waals surface area (Å²) in [6.45, 7) is 6.58. The standard InChI is InChI=1S/C33H26N2/c1-21-15-17-31-27(19-21)25-11-4-6-13-29(25)34(31)24-16-18-32-28(20-24)26-12-5-7-14-30(26)35(32)33-22(2)9-8-10-23(33)3/h4-20H,1-3H3. The van der Waals surface area contributed by atoms with Crippen LogP contribution in [0.15, 0.2) is 103 Å². The molecule has 7 rings (SSSR count). The monoisotopic (exact) mass is 450 g/mol. The van der Waals surface area contributed by atoms with Crippen LogP contribution in [-0.4, -0.2) is 9.13 Å². The molecule has 2 heteroatoms. The molecule has 0 atom stereocenters. The fraction of sp³-hybridized carbons (Fsp3) is 0.0909. The zero-order chi connectivity index (χ0) is 23.7. The Balaban J connectivity index is 1.59. The maximum atomic E-state index is 2.44. The van der Waals surface area contributed by atoms with Gasteiger partial charge in [0.25, 0.3) is 0 Å². The fourth-order valence-corrected chi connectivity index (χ4v) is 5.86. The van der Waals surface area contributed by atoms with Gasteiger partial charge < -0.3 is 9.13 Å². The molecule has 5 aromatic carbocycles. The highest BCUT2D eigenvalue weighted by Crippen LogP contribution is 2.38. The SMILES string of the molecule is Cc1ccc2c(c1)c1ccccc1n2-c1ccc2c(c1)c1ccccc1n2-c1c(C)cccc1C. The Morgan fingerprint density at radius 3 is 1.69 bits per heavy atom. The van der Waals surface area contributed by atoms with Gasteiger partial charge in [-0.15, -0.1) is 0 Å². The number of fused-ring (bicyclic) bond motifs is 6. The van der Waals surface area contributed by atoms with Crippen molar-refractivity contribution in [1.29, 1.82) is 0 Å². The topological polar surface area (TPSA) is 9.86 Å². The van der Waals surface area contributed by atoms with E-state index in [1.54, 1.807) is 0 Å². The van der Waals surface area contributed by atoms with Crippen LogP contribution >= 0.6 is 0 Å². The molecule has 0 unspecified atom stereocenters. The minimum atomic E-state index is 1.19. The number of hydrogen-bond acceptors (Lipinski definition) is 0. The number of benzene rings is 5. The van der Waals surface area contributed by atoms with Crippen molar-refractivity contribution in [3.8, 4) is 11.4 Å². The molecule has 0 spiro atoms. The smallest absolute Gasteiger partial charge is 0.0542 e. The predicted octanol–water partition coefficient (Wildman–Crippen LogP) is 8.81. The maximum absolute atomic E-state index is 2.44. The van der Waals surface area contributed by atoms with Gasteiger partial charge in [0.1, 0.15) is 0 Å². The van der Waals surface area contributed by atoms with Gasteiger partial charge in [-0.1, -0.05) is 66.2 Å². The first-order chi connectivity index (χ1) is 17.1. The first-order valence-corrected chi connectivity index (χ1v) is 12.2. The number of para-hydroxylation sites is 3. The molecule has 7 aromatic rings. The lowest BCUT2D eigenvalue weighted by Gasteiger charge is -2.14. The number of aryl methyl sites for hydroxylation is 3. The minimum Gasteiger partial charge on any atom is -0.309 e. The second-order valence-corrected chi connectivity index (χ2v) is 9.67. The van der Waals surface area contributed by atoms with Gasteiger partial charge in [-0.05, 0) is 74.4 Å². The van der Waals surface area contributed by atoms with Gasteiger partial charge in [-0.2, -0.15) is 0 Å². The number of hydrogen-bond donors (Lipinski definition) is 0. The van der Waals surface area contributed by atoms with Crippen LogP contribution < -0.4 is 0 Å². The maximum Gasteiger partial charge on any atom is 0.0542 e. The summed E-state index contributed by atoms with van der Waals surface area (Å²) in [6.07, 6.45) is 0. The van der Waals surface area contributed by atoms with E-state index >= 15 is 0 Å². The second kappa shape index (κ2) is 7.35. The number of rotatable bonds is 2. The van der Waals surface area contributed by atoms with Crippen LogP contribution in [0.3, 0.4) is 0 Å². The molecule has 35 heavy (non-hydrogen) atoms. The summed E-state index contributed by atoms with van der Waals surface area (Å²) in [5, 5.41) is 5.16. The Morgan fingerprint density at radius 2 is 0.971 bits per heavy atom. The van der Waals surface area contributed by atoms with Crippen molar-refractivity contribution in [3.63, 3.8) is 0 Å². The first kappa shape index (κ1) is 20.1. The normalized spacial score (nSPS) is 11.9. The molecular weight excluding hydrogens is 424 g/mol. The lowest BCUT2D eigenvalue weighted by molar-refractivity contribution is 1.12. The highest BCUT2D eigenvalue weighted by Gasteiger charge is 2.17. The summed E-state index contributed by atoms with van der Waals surface area (Å²) >= 11 is 0. The third kappa shape index (κ3) is 2.83. The van der Waals surface area contributed by atoms with Gasteiger partial charge in [0, 0.05) is 27.2 Å². The van der Waals surface area contributed by atoms with Crippen molar-refractivity contribution in [1.82, 2.24) is 9.13 Å². The van der Waals surface area contributed by atoms with Gasteiger partial charge in [-0.25, -0.2) is 0 Å². The average molecular weight is 451 g/mol. The van der Waals surface area contributed by atoms with Crippen LogP contribution in [-0.2, 0) is 0 Å². The average Bonchev–Trinajstić information content (AvgIpc) is 3.37. The van der Waals surface area contributed by atoms with E-state index in [1.165, 1.54) is 71.7 Å². The fourth-order valence-electron chi connectivity index (χ4n) is 5.86. The molecule has 0 fully saturated rings. The quantitative estimate of drug-likeness (QED) is 0.249. The molecule has 2 nitrogen and oxygen atoms in total. The van der Waals surface area contributed by atoms with Crippen LogP contribution in [0.2, 0.25) is 0 Å². The van der Waals surface area contributed by atoms with E-state index in [9.17, 15) is 0 Å². The van der Waals surface area contributed by atoms with Crippen molar-refractivity contribution < 1.29 is 0 Å². The zero-order valence-corrected chi connectivity index (χ0v) is 20.2. The first-order valence-electron chi connectivity index (χ1n) is 12.2. The molecular formula is C33H26N2. The molecule has 0 N–H and O–H groups in total. The Hall–Kier alpha value is -4.30. The second-order valence-electron chi connectivity index (χ2n) is 9.67. The van der Waals surface area contributed by atoms with Crippen molar-refractivity contribution in [3.05, 3.63) is 120 Å². The number of aromatic nitrogens is 2. The van der Waals surface area contributed by atoms with Crippen molar-refractivity contribution in [2.75, 3.05) is 0 Å². The van der Waals surface area contributed by atoms with E-state index in [0.29, 0.717) is 0 Å². The van der Waals surface area contributed by atoms with Crippen molar-refractivity contribution >= 4 is 43.6 Å². The van der Waals surface area contributed by atoms with Crippen LogP contribution in [0, 0.1) is 20.8 Å². The van der Waals surface area contributed by atoms with E-state index in [1.807, 2.05) is 0 Å². The van der Waals surface area contributed by atoms with Gasteiger partial charge in [0.05, 0.1) is 27.8 Å². The van der Waals surface area contributed by atoms with Gasteiger partial charge in [-0.3, -0.25) is 0 Å². The minimum absolute atomic E-state index is 1.19. The molecule has 0 aliphatic carbocycles. The molecule has 0 saturated carbocycles. The van der Waals surface area contributed by atoms with Crippen molar-refractivity contribution in [2.24, 2.45) is 0 Å². The Bertz CT molecular complexity index is 1910. The molecule has 0 radical (unpaired) electrons. The molecule has 0 aliphatic rings. The van der Waals surface area contributed by atoms with Gasteiger partial charge in [0.2, 0.25) is 0 Å². The third-order valence-electron chi connectivity index (χ3n) is 7.41. The van der Waals surface area contributed by atoms with E-state index in [4.69, 9.17) is 0 Å². The summed E-state index contributed by atoms with van der Waals surface area (Å²) in [6, 6.07) is 37.8. The Morgan fingerprint density at radius 1 is 0.429 bits per heavy atom. The molecule has 168 valence electrons. The Labute approximate surface area is 204 Å². The molecule has 2 aromatic heterocycles. The van der Waals surface area contributed by atoms with E-state index in [0.717, 1.165) is 0 Å². The van der Waals surface area contributed by atoms with Crippen LogP contribution in [0.4, 0.5) is 0 Å². The van der Waals surface area contributed by atoms with Crippen LogP contribution in [0.5, 0.6) is 0 Å². The van der Waals surface area contributed by atoms with E-state index < -0.39 is 0 Å². The highest BCUT2D eigenvalue weighted by molar-refractivity contribution is 6.12. The number of nitrogens with zero attached hydrogens (tertiary/aromatic N) is 2. The molecule has 0 aliphatic heterocycles. The summed E-state index contributed by atoms with van der Waals surface area (Å²) in [5.41, 5.74) is 11.3. The summed E-state index contributed by atoms with van der Waals surface area (Å²) < 4.78 is 4.85. The highest BCUT2D eigenvalue weighted by atomic mass is 15.0. The van der Waals surface area contributed by atoms with Crippen LogP contribution in [0.25, 0.3) is 55.0 Å². The van der Waals surface area contributed by atoms with Crippen LogP contribution in [0.1, 0.15) is 16.7 Å². The third-order valence-corrected chi connectivity index (χ3v) is 7.41. The summed E-state index contributed by atoms with van der Waals surface area (Å²) in [5.74, 6) is 0. The van der Waals surface area contributed by atoms with Gasteiger partial charge in [0.15, 0.2) is 0 Å². The zero-order valence-electron chi connectivity index (χ0n) is 20.2. The lowest BCUT2D eigenvalue weighted by atomic mass is 10.1.